The van der Waals surface area contributed by atoms with Gasteiger partial charge < -0.3 is 15.4 Å². The lowest BCUT2D eigenvalue weighted by Gasteiger charge is -2.19. The fourth-order valence-electron chi connectivity index (χ4n) is 1.85. The van der Waals surface area contributed by atoms with Crippen LogP contribution in [0.2, 0.25) is 0 Å². The molecule has 2 heterocycles. The molecule has 2 N–H and O–H groups in total. The molecule has 92 valence electrons. The van der Waals surface area contributed by atoms with E-state index in [1.165, 1.54) is 0 Å². The second-order valence-electron chi connectivity index (χ2n) is 4.00. The molecule has 5 nitrogen and oxygen atoms in total. The summed E-state index contributed by atoms with van der Waals surface area (Å²) in [6.45, 7) is 3.09. The Morgan fingerprint density at radius 3 is 3.18 bits per heavy atom. The molecule has 5 heteroatoms. The largest absolute Gasteiger partial charge is 0.380 e. The van der Waals surface area contributed by atoms with Crippen LogP contribution in [0.1, 0.15) is 22.5 Å². The zero-order valence-corrected chi connectivity index (χ0v) is 9.76. The van der Waals surface area contributed by atoms with Gasteiger partial charge in [0.2, 0.25) is 0 Å². The molecule has 17 heavy (non-hydrogen) atoms. The summed E-state index contributed by atoms with van der Waals surface area (Å²) in [5.41, 5.74) is 6.91. The van der Waals surface area contributed by atoms with Crippen molar-refractivity contribution in [3.8, 4) is 0 Å². The number of hydrogen-bond donors (Lipinski definition) is 1. The number of nitrogens with zero attached hydrogens (tertiary/aromatic N) is 2. The number of nitrogens with two attached hydrogens (primary N) is 1. The van der Waals surface area contributed by atoms with Gasteiger partial charge in [0.25, 0.3) is 5.91 Å². The molecule has 0 aliphatic carbocycles. The van der Waals surface area contributed by atoms with Gasteiger partial charge in [-0.1, -0.05) is 0 Å². The molecule has 1 amide bonds. The first-order valence-corrected chi connectivity index (χ1v) is 5.83. The average molecular weight is 235 g/mol. The van der Waals surface area contributed by atoms with Crippen molar-refractivity contribution in [1.82, 2.24) is 9.88 Å². The van der Waals surface area contributed by atoms with Gasteiger partial charge in [-0.05, 0) is 18.6 Å². The summed E-state index contributed by atoms with van der Waals surface area (Å²) in [5.74, 6) is 0.0348. The molecule has 0 bridgehead atoms. The molecule has 2 rings (SSSR count). The Labute approximate surface area is 101 Å². The first kappa shape index (κ1) is 12.0. The minimum atomic E-state index is 0.0348. The van der Waals surface area contributed by atoms with Crippen molar-refractivity contribution >= 4 is 5.91 Å². The van der Waals surface area contributed by atoms with Gasteiger partial charge in [-0.2, -0.15) is 0 Å². The van der Waals surface area contributed by atoms with Crippen LogP contribution < -0.4 is 5.73 Å². The topological polar surface area (TPSA) is 68.5 Å². The first-order chi connectivity index (χ1) is 8.31. The molecule has 0 aromatic carbocycles. The normalized spacial score (nSPS) is 16.6. The molecule has 1 aliphatic heterocycles. The monoisotopic (exact) mass is 235 g/mol. The van der Waals surface area contributed by atoms with Crippen molar-refractivity contribution in [2.45, 2.75) is 13.0 Å². The highest BCUT2D eigenvalue weighted by atomic mass is 16.5. The van der Waals surface area contributed by atoms with Crippen LogP contribution >= 0.6 is 0 Å². The molecular formula is C12H17N3O2. The van der Waals surface area contributed by atoms with Crippen LogP contribution in [0.5, 0.6) is 0 Å². The summed E-state index contributed by atoms with van der Waals surface area (Å²) in [6, 6.07) is 3.49. The van der Waals surface area contributed by atoms with E-state index in [0.717, 1.165) is 25.3 Å². The lowest BCUT2D eigenvalue weighted by atomic mass is 10.2. The van der Waals surface area contributed by atoms with E-state index in [1.807, 2.05) is 4.90 Å². The average Bonchev–Trinajstić information content (AvgIpc) is 2.67. The molecule has 1 saturated heterocycles. The Morgan fingerprint density at radius 2 is 2.35 bits per heavy atom. The van der Waals surface area contributed by atoms with Crippen molar-refractivity contribution in [2.24, 2.45) is 5.73 Å². The first-order valence-electron chi connectivity index (χ1n) is 5.83. The third-order valence-corrected chi connectivity index (χ3v) is 2.78. The van der Waals surface area contributed by atoms with Crippen LogP contribution in [-0.2, 0) is 11.3 Å². The summed E-state index contributed by atoms with van der Waals surface area (Å²) in [4.78, 5) is 18.1. The molecule has 0 saturated carbocycles. The Bertz CT molecular complexity index is 387. The van der Waals surface area contributed by atoms with E-state index >= 15 is 0 Å². The van der Waals surface area contributed by atoms with Gasteiger partial charge in [0.05, 0.1) is 12.3 Å². The lowest BCUT2D eigenvalue weighted by molar-refractivity contribution is 0.0741. The van der Waals surface area contributed by atoms with E-state index in [1.54, 1.807) is 18.3 Å². The molecule has 0 spiro atoms. The van der Waals surface area contributed by atoms with Gasteiger partial charge >= 0.3 is 0 Å². The van der Waals surface area contributed by atoms with Crippen molar-refractivity contribution in [2.75, 3.05) is 26.3 Å². The number of aromatic nitrogens is 1. The van der Waals surface area contributed by atoms with Gasteiger partial charge in [0.15, 0.2) is 0 Å². The van der Waals surface area contributed by atoms with Gasteiger partial charge in [0, 0.05) is 38.0 Å². The van der Waals surface area contributed by atoms with Crippen molar-refractivity contribution in [1.29, 1.82) is 0 Å². The van der Waals surface area contributed by atoms with E-state index in [4.69, 9.17) is 10.5 Å². The molecule has 1 aliphatic rings. The molecule has 0 atom stereocenters. The minimum Gasteiger partial charge on any atom is -0.380 e. The number of carbonyl (C=O) groups excluding carboxylic acids is 1. The van der Waals surface area contributed by atoms with Crippen LogP contribution in [0.4, 0.5) is 0 Å². The molecule has 1 fully saturated rings. The third-order valence-electron chi connectivity index (χ3n) is 2.78. The Balaban J connectivity index is 2.11. The molecule has 1 aromatic rings. The number of ether oxygens (including phenoxy) is 1. The Morgan fingerprint density at radius 1 is 1.47 bits per heavy atom. The van der Waals surface area contributed by atoms with Gasteiger partial charge in [-0.15, -0.1) is 0 Å². The number of amides is 1. The zero-order valence-electron chi connectivity index (χ0n) is 9.76. The highest BCUT2D eigenvalue weighted by Gasteiger charge is 2.17. The Kier molecular flexibility index (Phi) is 4.06. The highest BCUT2D eigenvalue weighted by Crippen LogP contribution is 2.08. The van der Waals surface area contributed by atoms with Crippen molar-refractivity contribution in [3.63, 3.8) is 0 Å². The quantitative estimate of drug-likeness (QED) is 0.805. The number of hydrogen-bond acceptors (Lipinski definition) is 4. The highest BCUT2D eigenvalue weighted by molar-refractivity contribution is 5.94. The van der Waals surface area contributed by atoms with Gasteiger partial charge in [-0.3, -0.25) is 9.78 Å². The summed E-state index contributed by atoms with van der Waals surface area (Å²) in [7, 11) is 0. The van der Waals surface area contributed by atoms with Gasteiger partial charge in [0.1, 0.15) is 0 Å². The van der Waals surface area contributed by atoms with Crippen LogP contribution in [0, 0.1) is 0 Å². The zero-order chi connectivity index (χ0) is 12.1. The maximum Gasteiger partial charge on any atom is 0.254 e. The van der Waals surface area contributed by atoms with E-state index in [-0.39, 0.29) is 5.91 Å². The lowest BCUT2D eigenvalue weighted by Crippen LogP contribution is -2.33. The number of rotatable bonds is 2. The molecular weight excluding hydrogens is 218 g/mol. The summed E-state index contributed by atoms with van der Waals surface area (Å²) in [6.07, 6.45) is 2.52. The summed E-state index contributed by atoms with van der Waals surface area (Å²) in [5, 5.41) is 0. The van der Waals surface area contributed by atoms with Crippen LogP contribution in [0.15, 0.2) is 18.3 Å². The SMILES string of the molecule is NCc1cc(C(=O)N2CCCOCC2)ccn1. The number of carbonyl (C=O) groups is 1. The van der Waals surface area contributed by atoms with Crippen LogP contribution in [0.3, 0.4) is 0 Å². The Hall–Kier alpha value is -1.46. The third kappa shape index (κ3) is 3.01. The molecule has 0 unspecified atom stereocenters. The van der Waals surface area contributed by atoms with Crippen LogP contribution in [0.25, 0.3) is 0 Å². The van der Waals surface area contributed by atoms with Crippen molar-refractivity contribution in [3.05, 3.63) is 29.6 Å². The van der Waals surface area contributed by atoms with Crippen molar-refractivity contribution < 1.29 is 9.53 Å². The predicted octanol–water partition coefficient (Wildman–Crippen LogP) is 0.403. The van der Waals surface area contributed by atoms with E-state index in [9.17, 15) is 4.79 Å². The fourth-order valence-corrected chi connectivity index (χ4v) is 1.85. The summed E-state index contributed by atoms with van der Waals surface area (Å²) >= 11 is 0. The maximum absolute atomic E-state index is 12.2. The minimum absolute atomic E-state index is 0.0348. The predicted molar refractivity (Wildman–Crippen MR) is 63.5 cm³/mol. The molecule has 1 aromatic heterocycles. The number of pyridine rings is 1. The van der Waals surface area contributed by atoms with E-state index in [0.29, 0.717) is 25.3 Å². The standard InChI is InChI=1S/C12H17N3O2/c13-9-11-8-10(2-3-14-11)12(16)15-4-1-6-17-7-5-15/h2-3,8H,1,4-7,9,13H2. The fraction of sp³-hybridized carbons (Fsp3) is 0.500. The van der Waals surface area contributed by atoms with Crippen LogP contribution in [-0.4, -0.2) is 42.1 Å². The van der Waals surface area contributed by atoms with E-state index in [2.05, 4.69) is 4.98 Å². The smallest absolute Gasteiger partial charge is 0.254 e. The van der Waals surface area contributed by atoms with Gasteiger partial charge in [-0.25, -0.2) is 0 Å². The van der Waals surface area contributed by atoms with E-state index < -0.39 is 0 Å². The summed E-state index contributed by atoms with van der Waals surface area (Å²) < 4.78 is 5.33. The molecule has 0 radical (unpaired) electrons. The second kappa shape index (κ2) is 5.75. The second-order valence-corrected chi connectivity index (χ2v) is 4.00. The maximum atomic E-state index is 12.2.